The first-order chi connectivity index (χ1) is 28.0. The molecule has 0 radical (unpaired) electrons. The van der Waals surface area contributed by atoms with Crippen LogP contribution >= 0.6 is 7.82 Å². The predicted octanol–water partition coefficient (Wildman–Crippen LogP) is 13.3. The Morgan fingerprint density at radius 2 is 0.879 bits per heavy atom. The van der Waals surface area contributed by atoms with E-state index >= 15 is 0 Å². The largest absolute Gasteiger partial charge is 0.756 e. The van der Waals surface area contributed by atoms with Gasteiger partial charge < -0.3 is 27.9 Å². The van der Waals surface area contributed by atoms with Crippen LogP contribution in [0.2, 0.25) is 0 Å². The summed E-state index contributed by atoms with van der Waals surface area (Å²) in [5.41, 5.74) is 0. The van der Waals surface area contributed by atoms with Gasteiger partial charge in [0.25, 0.3) is 7.82 Å². The van der Waals surface area contributed by atoms with Crippen molar-refractivity contribution in [2.75, 3.05) is 47.5 Å². The number of nitrogens with zero attached hydrogens (tertiary/aromatic N) is 1. The van der Waals surface area contributed by atoms with Crippen molar-refractivity contribution in [3.8, 4) is 0 Å². The highest BCUT2D eigenvalue weighted by atomic mass is 31.2. The molecule has 0 aromatic heterocycles. The van der Waals surface area contributed by atoms with Crippen LogP contribution in [0.3, 0.4) is 0 Å². The molecule has 0 spiro atoms. The molecule has 10 heteroatoms. The highest BCUT2D eigenvalue weighted by molar-refractivity contribution is 7.45. The summed E-state index contributed by atoms with van der Waals surface area (Å²) < 4.78 is 34.0. The summed E-state index contributed by atoms with van der Waals surface area (Å²) in [7, 11) is 1.16. The number of likely N-dealkylation sites (N-methyl/N-ethyl adjacent to an activating group) is 1. The minimum atomic E-state index is -4.63. The predicted molar refractivity (Wildman–Crippen MR) is 241 cm³/mol. The lowest BCUT2D eigenvalue weighted by atomic mass is 10.1. The average Bonchev–Trinajstić information content (AvgIpc) is 3.17. The van der Waals surface area contributed by atoms with Crippen molar-refractivity contribution in [1.29, 1.82) is 0 Å². The lowest BCUT2D eigenvalue weighted by Crippen LogP contribution is -2.37. The molecule has 2 atom stereocenters. The maximum Gasteiger partial charge on any atom is 0.306 e. The number of quaternary nitrogens is 1. The van der Waals surface area contributed by atoms with Gasteiger partial charge in [0.05, 0.1) is 27.7 Å². The van der Waals surface area contributed by atoms with Crippen LogP contribution in [0.5, 0.6) is 0 Å². The molecule has 0 N–H and O–H groups in total. The number of esters is 2. The van der Waals surface area contributed by atoms with Crippen LogP contribution in [0.4, 0.5) is 0 Å². The zero-order chi connectivity index (χ0) is 42.8. The van der Waals surface area contributed by atoms with E-state index in [2.05, 4.69) is 38.2 Å². The Morgan fingerprint density at radius 1 is 0.517 bits per heavy atom. The third-order valence-electron chi connectivity index (χ3n) is 10.4. The molecule has 0 amide bonds. The van der Waals surface area contributed by atoms with Crippen LogP contribution < -0.4 is 4.89 Å². The third kappa shape index (κ3) is 44.1. The topological polar surface area (TPSA) is 111 Å². The molecule has 0 aliphatic rings. The monoisotopic (exact) mass is 842 g/mol. The smallest absolute Gasteiger partial charge is 0.306 e. The quantitative estimate of drug-likeness (QED) is 0.0196. The fraction of sp³-hybridized carbons (Fsp3) is 0.875. The molecule has 0 aliphatic heterocycles. The standard InChI is InChI=1S/C48H92NO8P/c1-6-8-10-12-14-16-18-20-22-23-24-25-27-29-31-33-35-37-39-41-48(51)57-46(45-56-58(52,53)55-43-42-49(3,4)5)44-54-47(50)40-38-36-34-32-30-28-26-21-19-17-15-13-11-9-7-2/h20,22,28,30,46H,6-19,21,23-27,29,31-45H2,1-5H3/b22-20+,30-28+/t46-/m1/s1. The minimum Gasteiger partial charge on any atom is -0.756 e. The Bertz CT molecular complexity index is 1040. The lowest BCUT2D eigenvalue weighted by molar-refractivity contribution is -0.870. The fourth-order valence-electron chi connectivity index (χ4n) is 6.64. The van der Waals surface area contributed by atoms with E-state index in [1.165, 1.54) is 135 Å². The summed E-state index contributed by atoms with van der Waals surface area (Å²) in [6.45, 7) is 4.23. The van der Waals surface area contributed by atoms with Gasteiger partial charge in [-0.25, -0.2) is 0 Å². The normalized spacial score (nSPS) is 13.7. The van der Waals surface area contributed by atoms with Gasteiger partial charge in [0.1, 0.15) is 19.8 Å². The van der Waals surface area contributed by atoms with Crippen LogP contribution in [0.15, 0.2) is 24.3 Å². The molecule has 9 nitrogen and oxygen atoms in total. The summed E-state index contributed by atoms with van der Waals surface area (Å²) in [5, 5.41) is 0. The van der Waals surface area contributed by atoms with Crippen LogP contribution in [0.25, 0.3) is 0 Å². The minimum absolute atomic E-state index is 0.0320. The molecule has 342 valence electrons. The summed E-state index contributed by atoms with van der Waals surface area (Å²) in [4.78, 5) is 37.6. The summed E-state index contributed by atoms with van der Waals surface area (Å²) in [5.74, 6) is -0.848. The molecule has 0 aromatic carbocycles. The van der Waals surface area contributed by atoms with Crippen molar-refractivity contribution in [1.82, 2.24) is 0 Å². The van der Waals surface area contributed by atoms with Gasteiger partial charge in [0.2, 0.25) is 0 Å². The van der Waals surface area contributed by atoms with Gasteiger partial charge in [-0.15, -0.1) is 0 Å². The molecule has 58 heavy (non-hydrogen) atoms. The lowest BCUT2D eigenvalue weighted by Gasteiger charge is -2.28. The Kier molecular flexibility index (Phi) is 39.8. The van der Waals surface area contributed by atoms with E-state index in [9.17, 15) is 19.0 Å². The molecule has 0 rings (SSSR count). The highest BCUT2D eigenvalue weighted by Crippen LogP contribution is 2.38. The third-order valence-corrected chi connectivity index (χ3v) is 11.4. The number of rotatable bonds is 44. The van der Waals surface area contributed by atoms with Crippen LogP contribution in [0.1, 0.15) is 219 Å². The first-order valence-electron chi connectivity index (χ1n) is 24.0. The summed E-state index contributed by atoms with van der Waals surface area (Å²) in [6, 6.07) is 0. The van der Waals surface area contributed by atoms with Gasteiger partial charge in [-0.3, -0.25) is 14.2 Å². The number of carbonyl (C=O) groups excluding carboxylic acids is 2. The highest BCUT2D eigenvalue weighted by Gasteiger charge is 2.21. The zero-order valence-electron chi connectivity index (χ0n) is 38.5. The molecule has 0 bridgehead atoms. The number of hydrogen-bond acceptors (Lipinski definition) is 8. The second-order valence-electron chi connectivity index (χ2n) is 17.5. The molecule has 0 saturated carbocycles. The number of carbonyl (C=O) groups is 2. The summed E-state index contributed by atoms with van der Waals surface area (Å²) in [6.07, 6.45) is 44.9. The molecule has 1 unspecified atom stereocenters. The molecule has 0 heterocycles. The average molecular weight is 842 g/mol. The van der Waals surface area contributed by atoms with Gasteiger partial charge in [0, 0.05) is 12.8 Å². The van der Waals surface area contributed by atoms with E-state index in [0.29, 0.717) is 23.9 Å². The van der Waals surface area contributed by atoms with Gasteiger partial charge in [0.15, 0.2) is 6.10 Å². The van der Waals surface area contributed by atoms with Crippen molar-refractivity contribution >= 4 is 19.8 Å². The zero-order valence-corrected chi connectivity index (χ0v) is 39.4. The number of unbranched alkanes of at least 4 members (excludes halogenated alkanes) is 26. The first kappa shape index (κ1) is 56.5. The van der Waals surface area contributed by atoms with E-state index in [0.717, 1.165) is 44.9 Å². The molecular formula is C48H92NO8P. The van der Waals surface area contributed by atoms with E-state index in [4.69, 9.17) is 18.5 Å². The SMILES string of the molecule is CCCCCCCC/C=C/CCCCCCCCCCCC(=O)O[C@H](COC(=O)CCCCC/C=C/CCCCCCCCCC)COP(=O)([O-])OCC[N+](C)(C)C. The molecule has 0 fully saturated rings. The van der Waals surface area contributed by atoms with Crippen molar-refractivity contribution in [2.24, 2.45) is 0 Å². The van der Waals surface area contributed by atoms with E-state index < -0.39 is 32.5 Å². The maximum atomic E-state index is 12.7. The van der Waals surface area contributed by atoms with Gasteiger partial charge in [-0.05, 0) is 64.2 Å². The van der Waals surface area contributed by atoms with Gasteiger partial charge in [-0.2, -0.15) is 0 Å². The van der Waals surface area contributed by atoms with Gasteiger partial charge >= 0.3 is 11.9 Å². The van der Waals surface area contributed by atoms with E-state index in [1.807, 2.05) is 21.1 Å². The molecule has 0 aromatic rings. The molecular weight excluding hydrogens is 750 g/mol. The maximum absolute atomic E-state index is 12.7. The Labute approximate surface area is 358 Å². The number of hydrogen-bond donors (Lipinski definition) is 0. The summed E-state index contributed by atoms with van der Waals surface area (Å²) >= 11 is 0. The Hall–Kier alpha value is -1.51. The van der Waals surface area contributed by atoms with E-state index in [-0.39, 0.29) is 26.1 Å². The van der Waals surface area contributed by atoms with Crippen molar-refractivity contribution in [2.45, 2.75) is 225 Å². The van der Waals surface area contributed by atoms with Crippen LogP contribution in [-0.2, 0) is 32.7 Å². The Balaban J connectivity index is 4.30. The number of allylic oxidation sites excluding steroid dienone is 4. The Morgan fingerprint density at radius 3 is 1.29 bits per heavy atom. The van der Waals surface area contributed by atoms with Crippen molar-refractivity contribution in [3.63, 3.8) is 0 Å². The van der Waals surface area contributed by atoms with Crippen molar-refractivity contribution < 1.29 is 42.1 Å². The van der Waals surface area contributed by atoms with E-state index in [1.54, 1.807) is 0 Å². The molecule has 0 saturated heterocycles. The number of phosphoric acid groups is 1. The molecule has 0 aliphatic carbocycles. The van der Waals surface area contributed by atoms with Crippen molar-refractivity contribution in [3.05, 3.63) is 24.3 Å². The fourth-order valence-corrected chi connectivity index (χ4v) is 7.37. The number of ether oxygens (including phenoxy) is 2. The first-order valence-corrected chi connectivity index (χ1v) is 25.5. The number of phosphoric ester groups is 1. The van der Waals surface area contributed by atoms with Gasteiger partial charge in [-0.1, -0.05) is 167 Å². The second kappa shape index (κ2) is 40.9. The second-order valence-corrected chi connectivity index (χ2v) is 18.9. The van der Waals surface area contributed by atoms with Crippen LogP contribution in [-0.4, -0.2) is 70.0 Å². The van der Waals surface area contributed by atoms with Crippen LogP contribution in [0, 0.1) is 0 Å².